The quantitative estimate of drug-likeness (QED) is 0.379. The predicted molar refractivity (Wildman–Crippen MR) is 131 cm³/mol. The van der Waals surface area contributed by atoms with Crippen molar-refractivity contribution in [2.45, 2.75) is 11.9 Å². The smallest absolute Gasteiger partial charge is 0.409 e. The lowest BCUT2D eigenvalue weighted by molar-refractivity contribution is -0.129. The first-order chi connectivity index (χ1) is 16.8. The lowest BCUT2D eigenvalue weighted by atomic mass is 10.2. The van der Waals surface area contributed by atoms with Crippen molar-refractivity contribution in [2.24, 2.45) is 14.1 Å². The summed E-state index contributed by atoms with van der Waals surface area (Å²) in [6, 6.07) is 9.23. The minimum Gasteiger partial charge on any atom is -0.450 e. The van der Waals surface area contributed by atoms with E-state index in [4.69, 9.17) is 4.74 Å². The zero-order valence-corrected chi connectivity index (χ0v) is 20.6. The Balaban J connectivity index is 1.61. The number of piperazine rings is 1. The van der Waals surface area contributed by atoms with Crippen LogP contribution < -0.4 is 11.2 Å². The van der Waals surface area contributed by atoms with Crippen molar-refractivity contribution in [1.29, 1.82) is 0 Å². The molecule has 1 aliphatic rings. The molecule has 11 nitrogen and oxygen atoms in total. The minimum absolute atomic E-state index is 0.0474. The van der Waals surface area contributed by atoms with Crippen molar-refractivity contribution in [1.82, 2.24) is 28.9 Å². The Morgan fingerprint density at radius 2 is 1.63 bits per heavy atom. The van der Waals surface area contributed by atoms with Crippen LogP contribution in [-0.4, -0.2) is 79.4 Å². The summed E-state index contributed by atoms with van der Waals surface area (Å²) in [5.74, 6) is 0.277. The van der Waals surface area contributed by atoms with E-state index in [1.807, 2.05) is 30.3 Å². The van der Waals surface area contributed by atoms with Gasteiger partial charge in [-0.3, -0.25) is 18.7 Å². The zero-order chi connectivity index (χ0) is 25.1. The zero-order valence-electron chi connectivity index (χ0n) is 19.8. The van der Waals surface area contributed by atoms with E-state index in [1.54, 1.807) is 23.8 Å². The second-order valence-corrected chi connectivity index (χ2v) is 8.94. The molecular formula is C23H26N6O5S. The molecule has 0 aliphatic carbocycles. The number of benzene rings is 1. The van der Waals surface area contributed by atoms with Crippen LogP contribution in [0.1, 0.15) is 6.92 Å². The molecule has 0 spiro atoms. The van der Waals surface area contributed by atoms with Gasteiger partial charge in [0.2, 0.25) is 5.91 Å². The van der Waals surface area contributed by atoms with Crippen molar-refractivity contribution >= 4 is 34.8 Å². The molecule has 35 heavy (non-hydrogen) atoms. The number of carbonyl (C=O) groups excluding carboxylic acids is 2. The van der Waals surface area contributed by atoms with E-state index in [1.165, 1.54) is 11.6 Å². The van der Waals surface area contributed by atoms with Crippen LogP contribution in [0.2, 0.25) is 0 Å². The molecule has 0 atom stereocenters. The number of rotatable bonds is 5. The van der Waals surface area contributed by atoms with Crippen LogP contribution in [0.3, 0.4) is 0 Å². The molecule has 0 radical (unpaired) electrons. The summed E-state index contributed by atoms with van der Waals surface area (Å²) in [5, 5.41) is 0.530. The number of amides is 2. The number of hydrogen-bond donors (Lipinski definition) is 0. The van der Waals surface area contributed by atoms with Gasteiger partial charge in [-0.15, -0.1) is 0 Å². The second kappa shape index (κ2) is 10.3. The number of hydrogen-bond acceptors (Lipinski definition) is 8. The van der Waals surface area contributed by atoms with Crippen molar-refractivity contribution < 1.29 is 14.3 Å². The van der Waals surface area contributed by atoms with Gasteiger partial charge in [0.15, 0.2) is 11.5 Å². The second-order valence-electron chi connectivity index (χ2n) is 7.98. The summed E-state index contributed by atoms with van der Waals surface area (Å²) in [5.41, 5.74) is -0.0665. The van der Waals surface area contributed by atoms with Crippen LogP contribution in [-0.2, 0) is 23.6 Å². The van der Waals surface area contributed by atoms with Gasteiger partial charge in [0.05, 0.1) is 12.4 Å². The van der Waals surface area contributed by atoms with E-state index in [2.05, 4.69) is 9.97 Å². The molecule has 0 saturated carbocycles. The number of thioether (sulfide) groups is 1. The number of aromatic nitrogens is 4. The molecule has 184 valence electrons. The lowest BCUT2D eigenvalue weighted by Gasteiger charge is -2.34. The van der Waals surface area contributed by atoms with Crippen molar-refractivity contribution in [3.05, 3.63) is 51.2 Å². The summed E-state index contributed by atoms with van der Waals surface area (Å²) in [7, 11) is 2.95. The molecule has 0 unspecified atom stereocenters. The maximum absolute atomic E-state index is 13.0. The van der Waals surface area contributed by atoms with Crippen LogP contribution in [0.25, 0.3) is 22.4 Å². The van der Waals surface area contributed by atoms with E-state index in [9.17, 15) is 19.2 Å². The minimum atomic E-state index is -0.513. The van der Waals surface area contributed by atoms with Gasteiger partial charge in [0, 0.05) is 45.8 Å². The Morgan fingerprint density at radius 1 is 0.971 bits per heavy atom. The van der Waals surface area contributed by atoms with E-state index >= 15 is 0 Å². The topological polar surface area (TPSA) is 120 Å². The summed E-state index contributed by atoms with van der Waals surface area (Å²) >= 11 is 1.14. The maximum atomic E-state index is 13.0. The molecule has 12 heteroatoms. The third kappa shape index (κ3) is 4.92. The summed E-state index contributed by atoms with van der Waals surface area (Å²) < 4.78 is 7.34. The van der Waals surface area contributed by atoms with Crippen LogP contribution in [0.5, 0.6) is 0 Å². The van der Waals surface area contributed by atoms with E-state index < -0.39 is 11.2 Å². The third-order valence-electron chi connectivity index (χ3n) is 5.79. The normalized spacial score (nSPS) is 13.8. The van der Waals surface area contributed by atoms with E-state index in [-0.39, 0.29) is 28.8 Å². The van der Waals surface area contributed by atoms with Crippen molar-refractivity contribution in [3.8, 4) is 11.4 Å². The fraction of sp³-hybridized carbons (Fsp3) is 0.391. The number of ether oxygens (including phenoxy) is 1. The monoisotopic (exact) mass is 498 g/mol. The maximum Gasteiger partial charge on any atom is 0.409 e. The Kier molecular flexibility index (Phi) is 7.20. The Labute approximate surface area is 205 Å². The van der Waals surface area contributed by atoms with Crippen LogP contribution >= 0.6 is 11.8 Å². The molecule has 2 amide bonds. The fourth-order valence-corrected chi connectivity index (χ4v) is 4.74. The summed E-state index contributed by atoms with van der Waals surface area (Å²) in [6.45, 7) is 3.64. The molecule has 0 N–H and O–H groups in total. The summed E-state index contributed by atoms with van der Waals surface area (Å²) in [4.78, 5) is 62.7. The van der Waals surface area contributed by atoms with Gasteiger partial charge in [-0.25, -0.2) is 19.6 Å². The average molecular weight is 499 g/mol. The SMILES string of the molecule is CCOC(=O)N1CCN(C(=O)CSc2nc(-c3ccccc3)nc3c2c(=O)n(C)c(=O)n3C)CC1. The number of aryl methyl sites for hydroxylation is 1. The highest BCUT2D eigenvalue weighted by Crippen LogP contribution is 2.26. The largest absolute Gasteiger partial charge is 0.450 e. The third-order valence-corrected chi connectivity index (χ3v) is 6.75. The van der Waals surface area contributed by atoms with E-state index in [0.717, 1.165) is 21.9 Å². The molecule has 3 aromatic rings. The van der Waals surface area contributed by atoms with Crippen LogP contribution in [0.4, 0.5) is 4.79 Å². The van der Waals surface area contributed by atoms with Gasteiger partial charge >= 0.3 is 11.8 Å². The molecule has 1 aromatic carbocycles. The number of fused-ring (bicyclic) bond motifs is 1. The van der Waals surface area contributed by atoms with Gasteiger partial charge in [-0.2, -0.15) is 0 Å². The molecule has 1 aliphatic heterocycles. The average Bonchev–Trinajstić information content (AvgIpc) is 2.89. The van der Waals surface area contributed by atoms with E-state index in [0.29, 0.717) is 43.6 Å². The summed E-state index contributed by atoms with van der Waals surface area (Å²) in [6.07, 6.45) is -0.378. The Bertz CT molecular complexity index is 1380. The first-order valence-corrected chi connectivity index (χ1v) is 12.2. The fourth-order valence-electron chi connectivity index (χ4n) is 3.82. The van der Waals surface area contributed by atoms with Gasteiger partial charge in [-0.1, -0.05) is 42.1 Å². The van der Waals surface area contributed by atoms with Crippen molar-refractivity contribution in [2.75, 3.05) is 38.5 Å². The van der Waals surface area contributed by atoms with Crippen LogP contribution in [0, 0.1) is 0 Å². The molecule has 4 rings (SSSR count). The highest BCUT2D eigenvalue weighted by molar-refractivity contribution is 8.00. The molecular weight excluding hydrogens is 472 g/mol. The molecule has 0 bridgehead atoms. The van der Waals surface area contributed by atoms with Gasteiger partial charge in [0.1, 0.15) is 10.4 Å². The van der Waals surface area contributed by atoms with Crippen LogP contribution in [0.15, 0.2) is 44.9 Å². The Hall–Kier alpha value is -3.67. The molecule has 1 fully saturated rings. The highest BCUT2D eigenvalue weighted by Gasteiger charge is 2.26. The van der Waals surface area contributed by atoms with Gasteiger partial charge in [-0.05, 0) is 6.92 Å². The molecule has 1 saturated heterocycles. The standard InChI is InChI=1S/C23H26N6O5S/c1-4-34-23(33)29-12-10-28(11-13-29)16(30)14-35-20-17-19(26(2)22(32)27(3)21(17)31)24-18(25-20)15-8-6-5-7-9-15/h5-9H,4,10-14H2,1-3H3. The number of nitrogens with zero attached hydrogens (tertiary/aromatic N) is 6. The first kappa shape index (κ1) is 24.5. The number of carbonyl (C=O) groups is 2. The molecule has 3 heterocycles. The Morgan fingerprint density at radius 3 is 2.29 bits per heavy atom. The van der Waals surface area contributed by atoms with Crippen molar-refractivity contribution in [3.63, 3.8) is 0 Å². The lowest BCUT2D eigenvalue weighted by Crippen LogP contribution is -2.51. The highest BCUT2D eigenvalue weighted by atomic mass is 32.2. The van der Waals surface area contributed by atoms with Gasteiger partial charge in [0.25, 0.3) is 5.56 Å². The van der Waals surface area contributed by atoms with Gasteiger partial charge < -0.3 is 14.5 Å². The predicted octanol–water partition coefficient (Wildman–Crippen LogP) is 1.09. The molecule has 2 aromatic heterocycles. The first-order valence-electron chi connectivity index (χ1n) is 11.2.